The average molecular weight is 189 g/mol. The molecule has 1 aromatic heterocycles. The lowest BCUT2D eigenvalue weighted by Crippen LogP contribution is -2.01. The van der Waals surface area contributed by atoms with Crippen LogP contribution in [0, 0.1) is 6.92 Å². The third kappa shape index (κ3) is 1.76. The number of nitrogens with two attached hydrogens (primary N) is 1. The van der Waals surface area contributed by atoms with E-state index in [0.717, 1.165) is 17.8 Å². The summed E-state index contributed by atoms with van der Waals surface area (Å²) in [5.74, 6) is 0.533. The van der Waals surface area contributed by atoms with E-state index in [1.54, 1.807) is 6.20 Å². The molecule has 0 bridgehead atoms. The smallest absolute Gasteiger partial charge is 0.144 e. The SMILES string of the molecule is Cc1nc(C2=CCCCC2)cnc1N. The number of aromatic nitrogens is 2. The summed E-state index contributed by atoms with van der Waals surface area (Å²) in [5.41, 5.74) is 8.78. The van der Waals surface area contributed by atoms with Crippen molar-refractivity contribution in [3.05, 3.63) is 23.7 Å². The van der Waals surface area contributed by atoms with Gasteiger partial charge in [0.2, 0.25) is 0 Å². The molecule has 1 heterocycles. The van der Waals surface area contributed by atoms with Crippen LogP contribution in [0.2, 0.25) is 0 Å². The molecule has 0 radical (unpaired) electrons. The van der Waals surface area contributed by atoms with E-state index in [9.17, 15) is 0 Å². The van der Waals surface area contributed by atoms with Gasteiger partial charge in [0, 0.05) is 0 Å². The van der Waals surface area contributed by atoms with Crippen molar-refractivity contribution in [1.29, 1.82) is 0 Å². The van der Waals surface area contributed by atoms with Crippen LogP contribution in [0.5, 0.6) is 0 Å². The summed E-state index contributed by atoms with van der Waals surface area (Å²) in [5, 5.41) is 0. The van der Waals surface area contributed by atoms with Crippen LogP contribution in [0.1, 0.15) is 37.1 Å². The summed E-state index contributed by atoms with van der Waals surface area (Å²) in [7, 11) is 0. The maximum Gasteiger partial charge on any atom is 0.144 e. The van der Waals surface area contributed by atoms with Crippen molar-refractivity contribution >= 4 is 11.4 Å². The first-order valence-corrected chi connectivity index (χ1v) is 5.06. The molecule has 0 atom stereocenters. The van der Waals surface area contributed by atoms with Gasteiger partial charge in [-0.05, 0) is 38.2 Å². The number of rotatable bonds is 1. The third-order valence-electron chi connectivity index (χ3n) is 2.60. The van der Waals surface area contributed by atoms with Crippen LogP contribution in [0.15, 0.2) is 12.3 Å². The molecule has 1 aliphatic rings. The third-order valence-corrected chi connectivity index (χ3v) is 2.60. The highest BCUT2D eigenvalue weighted by molar-refractivity contribution is 5.63. The van der Waals surface area contributed by atoms with E-state index >= 15 is 0 Å². The number of hydrogen-bond acceptors (Lipinski definition) is 3. The lowest BCUT2D eigenvalue weighted by Gasteiger charge is -2.12. The summed E-state index contributed by atoms with van der Waals surface area (Å²) < 4.78 is 0. The van der Waals surface area contributed by atoms with Gasteiger partial charge in [-0.2, -0.15) is 0 Å². The van der Waals surface area contributed by atoms with Crippen molar-refractivity contribution in [2.24, 2.45) is 0 Å². The molecule has 3 heteroatoms. The molecule has 0 aromatic carbocycles. The molecule has 0 unspecified atom stereocenters. The summed E-state index contributed by atoms with van der Waals surface area (Å²) in [6.07, 6.45) is 8.89. The molecular formula is C11H15N3. The second-order valence-corrected chi connectivity index (χ2v) is 3.70. The van der Waals surface area contributed by atoms with Gasteiger partial charge in [0.1, 0.15) is 5.82 Å². The molecule has 14 heavy (non-hydrogen) atoms. The maximum absolute atomic E-state index is 5.63. The van der Waals surface area contributed by atoms with Gasteiger partial charge in [-0.25, -0.2) is 9.97 Å². The van der Waals surface area contributed by atoms with E-state index in [4.69, 9.17) is 5.73 Å². The summed E-state index contributed by atoms with van der Waals surface area (Å²) in [6.45, 7) is 1.90. The molecule has 0 saturated heterocycles. The molecule has 0 aliphatic heterocycles. The largest absolute Gasteiger partial charge is 0.382 e. The highest BCUT2D eigenvalue weighted by atomic mass is 14.9. The van der Waals surface area contributed by atoms with Gasteiger partial charge in [0.05, 0.1) is 17.6 Å². The summed E-state index contributed by atoms with van der Waals surface area (Å²) in [4.78, 5) is 8.57. The molecule has 2 rings (SSSR count). The van der Waals surface area contributed by atoms with E-state index in [0.29, 0.717) is 5.82 Å². The normalized spacial score (nSPS) is 16.5. The number of allylic oxidation sites excluding steroid dienone is 2. The Bertz CT molecular complexity index is 369. The van der Waals surface area contributed by atoms with Gasteiger partial charge in [-0.15, -0.1) is 0 Å². The second-order valence-electron chi connectivity index (χ2n) is 3.70. The number of hydrogen-bond donors (Lipinski definition) is 1. The number of nitrogens with zero attached hydrogens (tertiary/aromatic N) is 2. The standard InChI is InChI=1S/C11H15N3/c1-8-11(12)13-7-10(14-8)9-5-3-2-4-6-9/h5,7H,2-4,6H2,1H3,(H2,12,13). The van der Waals surface area contributed by atoms with Crippen LogP contribution in [-0.4, -0.2) is 9.97 Å². The minimum atomic E-state index is 0.533. The molecule has 0 fully saturated rings. The van der Waals surface area contributed by atoms with Crippen molar-refractivity contribution in [3.63, 3.8) is 0 Å². The first-order valence-electron chi connectivity index (χ1n) is 5.06. The Morgan fingerprint density at radius 2 is 2.21 bits per heavy atom. The lowest BCUT2D eigenvalue weighted by molar-refractivity contribution is 0.739. The van der Waals surface area contributed by atoms with Gasteiger partial charge >= 0.3 is 0 Å². The Morgan fingerprint density at radius 3 is 2.86 bits per heavy atom. The fourth-order valence-corrected chi connectivity index (χ4v) is 1.72. The lowest BCUT2D eigenvalue weighted by atomic mass is 9.97. The number of nitrogen functional groups attached to an aromatic ring is 1. The molecule has 1 aromatic rings. The van der Waals surface area contributed by atoms with E-state index in [1.807, 2.05) is 6.92 Å². The van der Waals surface area contributed by atoms with Crippen LogP contribution >= 0.6 is 0 Å². The number of aryl methyl sites for hydroxylation is 1. The predicted octanol–water partition coefficient (Wildman–Crippen LogP) is 2.32. The van der Waals surface area contributed by atoms with Gasteiger partial charge in [-0.1, -0.05) is 6.08 Å². The predicted molar refractivity (Wildman–Crippen MR) is 57.6 cm³/mol. The van der Waals surface area contributed by atoms with Crippen molar-refractivity contribution in [3.8, 4) is 0 Å². The van der Waals surface area contributed by atoms with E-state index in [-0.39, 0.29) is 0 Å². The van der Waals surface area contributed by atoms with Crippen LogP contribution in [-0.2, 0) is 0 Å². The first kappa shape index (κ1) is 9.19. The highest BCUT2D eigenvalue weighted by Gasteiger charge is 2.08. The monoisotopic (exact) mass is 189 g/mol. The summed E-state index contributed by atoms with van der Waals surface area (Å²) in [6, 6.07) is 0. The van der Waals surface area contributed by atoms with Crippen LogP contribution in [0.3, 0.4) is 0 Å². The van der Waals surface area contributed by atoms with Crippen molar-refractivity contribution < 1.29 is 0 Å². The van der Waals surface area contributed by atoms with Crippen molar-refractivity contribution in [2.45, 2.75) is 32.6 Å². The minimum Gasteiger partial charge on any atom is -0.382 e. The Morgan fingerprint density at radius 1 is 1.36 bits per heavy atom. The van der Waals surface area contributed by atoms with Crippen molar-refractivity contribution in [1.82, 2.24) is 9.97 Å². The first-order chi connectivity index (χ1) is 6.77. The van der Waals surface area contributed by atoms with Crippen LogP contribution < -0.4 is 5.73 Å². The van der Waals surface area contributed by atoms with E-state index in [2.05, 4.69) is 16.0 Å². The quantitative estimate of drug-likeness (QED) is 0.737. The summed E-state index contributed by atoms with van der Waals surface area (Å²) >= 11 is 0. The highest BCUT2D eigenvalue weighted by Crippen LogP contribution is 2.25. The van der Waals surface area contributed by atoms with Gasteiger partial charge < -0.3 is 5.73 Å². The Balaban J connectivity index is 2.32. The molecule has 2 N–H and O–H groups in total. The van der Waals surface area contributed by atoms with Crippen LogP contribution in [0.25, 0.3) is 5.57 Å². The van der Waals surface area contributed by atoms with E-state index < -0.39 is 0 Å². The van der Waals surface area contributed by atoms with Gasteiger partial charge in [-0.3, -0.25) is 0 Å². The molecule has 1 aliphatic carbocycles. The molecular weight excluding hydrogens is 174 g/mol. The Labute approximate surface area is 84.1 Å². The fourth-order valence-electron chi connectivity index (χ4n) is 1.72. The Hall–Kier alpha value is -1.38. The zero-order valence-corrected chi connectivity index (χ0v) is 8.45. The topological polar surface area (TPSA) is 51.8 Å². The van der Waals surface area contributed by atoms with Crippen molar-refractivity contribution in [2.75, 3.05) is 5.73 Å². The number of anilines is 1. The zero-order chi connectivity index (χ0) is 9.97. The maximum atomic E-state index is 5.63. The van der Waals surface area contributed by atoms with Gasteiger partial charge in [0.15, 0.2) is 0 Å². The average Bonchev–Trinajstić information content (AvgIpc) is 2.23. The Kier molecular flexibility index (Phi) is 2.48. The zero-order valence-electron chi connectivity index (χ0n) is 8.45. The molecule has 0 amide bonds. The second kappa shape index (κ2) is 3.78. The molecule has 0 spiro atoms. The molecule has 74 valence electrons. The van der Waals surface area contributed by atoms with Crippen LogP contribution in [0.4, 0.5) is 5.82 Å². The fraction of sp³-hybridized carbons (Fsp3) is 0.455. The molecule has 3 nitrogen and oxygen atoms in total. The molecule has 0 saturated carbocycles. The minimum absolute atomic E-state index is 0.533. The van der Waals surface area contributed by atoms with Gasteiger partial charge in [0.25, 0.3) is 0 Å². The van der Waals surface area contributed by atoms with E-state index in [1.165, 1.54) is 24.8 Å².